The summed E-state index contributed by atoms with van der Waals surface area (Å²) >= 11 is 6.22. The van der Waals surface area contributed by atoms with E-state index in [0.29, 0.717) is 5.71 Å². The number of hydrazone groups is 1. The quantitative estimate of drug-likeness (QED) is 0.414. The van der Waals surface area contributed by atoms with Crippen molar-refractivity contribution in [2.75, 3.05) is 5.43 Å². The van der Waals surface area contributed by atoms with E-state index in [1.54, 1.807) is 0 Å². The maximum Gasteiger partial charge on any atom is 0.195 e. The van der Waals surface area contributed by atoms with Gasteiger partial charge < -0.3 is 10.4 Å². The van der Waals surface area contributed by atoms with E-state index >= 15 is 0 Å². The molecule has 0 saturated heterocycles. The van der Waals surface area contributed by atoms with Crippen LogP contribution in [-0.4, -0.2) is 16.1 Å². The average molecular weight is 337 g/mol. The van der Waals surface area contributed by atoms with Gasteiger partial charge in [0, 0.05) is 11.6 Å². The van der Waals surface area contributed by atoms with Gasteiger partial charge >= 0.3 is 0 Å². The van der Waals surface area contributed by atoms with Crippen LogP contribution in [0.2, 0.25) is 0 Å². The monoisotopic (exact) mass is 336 g/mol. The van der Waals surface area contributed by atoms with Gasteiger partial charge in [-0.25, -0.2) is 10.4 Å². The maximum atomic E-state index is 11.3. The van der Waals surface area contributed by atoms with Gasteiger partial charge in [0.25, 0.3) is 0 Å². The fourth-order valence-electron chi connectivity index (χ4n) is 2.35. The van der Waals surface area contributed by atoms with E-state index in [9.17, 15) is 15.6 Å². The van der Waals surface area contributed by atoms with E-state index in [1.165, 1.54) is 12.1 Å². The molecule has 9 heteroatoms. The van der Waals surface area contributed by atoms with Gasteiger partial charge in [0.2, 0.25) is 0 Å². The van der Waals surface area contributed by atoms with E-state index in [4.69, 9.17) is 16.8 Å². The van der Waals surface area contributed by atoms with Gasteiger partial charge in [-0.1, -0.05) is 24.3 Å². The summed E-state index contributed by atoms with van der Waals surface area (Å²) in [5.41, 5.74) is 5.06. The standard InChI is InChI=1S/C14H13ClN4O4/c15-13-9-3-1-2-4-10(9)14(13)17-16-11-6-5-8(18(20)21)7-12(11)19(22)23/h1-7,13,16,18-20,22H/t13-/m1/s1. The molecule has 120 valence electrons. The highest BCUT2D eigenvalue weighted by molar-refractivity contribution is 6.40. The fourth-order valence-corrected chi connectivity index (χ4v) is 2.70. The van der Waals surface area contributed by atoms with Crippen molar-refractivity contribution in [2.45, 2.75) is 5.38 Å². The van der Waals surface area contributed by atoms with Gasteiger partial charge in [0.1, 0.15) is 11.1 Å². The number of nitrogens with one attached hydrogen (secondary N) is 3. The molecule has 0 radical (unpaired) electrons. The Morgan fingerprint density at radius 1 is 1.09 bits per heavy atom. The Morgan fingerprint density at radius 2 is 1.83 bits per heavy atom. The smallest absolute Gasteiger partial charge is 0.195 e. The van der Waals surface area contributed by atoms with E-state index in [2.05, 4.69) is 10.5 Å². The molecule has 0 spiro atoms. The van der Waals surface area contributed by atoms with Crippen LogP contribution in [0.25, 0.3) is 0 Å². The van der Waals surface area contributed by atoms with Crippen molar-refractivity contribution >= 4 is 34.4 Å². The molecule has 2 unspecified atom stereocenters. The molecule has 2 aromatic rings. The van der Waals surface area contributed by atoms with Crippen LogP contribution in [0, 0.1) is 10.4 Å². The number of rotatable bonds is 4. The summed E-state index contributed by atoms with van der Waals surface area (Å²) < 4.78 is 0. The summed E-state index contributed by atoms with van der Waals surface area (Å²) in [5, 5.41) is 41.7. The Balaban J connectivity index is 1.88. The number of anilines is 1. The van der Waals surface area contributed by atoms with E-state index in [1.807, 2.05) is 24.3 Å². The Kier molecular flexibility index (Phi) is 4.28. The molecule has 8 nitrogen and oxygen atoms in total. The van der Waals surface area contributed by atoms with Crippen molar-refractivity contribution in [3.63, 3.8) is 0 Å². The van der Waals surface area contributed by atoms with E-state index < -0.39 is 10.5 Å². The SMILES string of the molecule is [O-][NH+](O)c1ccc(NN=C2c3ccccc3[C@H]2Cl)c([NH+]([O-])O)c1. The molecule has 0 heterocycles. The molecule has 0 aromatic heterocycles. The fraction of sp³-hybridized carbons (Fsp3) is 0.0714. The third kappa shape index (κ3) is 2.92. The van der Waals surface area contributed by atoms with Gasteiger partial charge in [0.15, 0.2) is 11.4 Å². The summed E-state index contributed by atoms with van der Waals surface area (Å²) in [5.74, 6) is 0. The number of quaternary nitrogens is 2. The second kappa shape index (κ2) is 6.22. The largest absolute Gasteiger partial charge is 0.595 e. The van der Waals surface area contributed by atoms with Crippen LogP contribution in [0.15, 0.2) is 47.6 Å². The summed E-state index contributed by atoms with van der Waals surface area (Å²) in [7, 11) is 0. The van der Waals surface area contributed by atoms with Crippen molar-refractivity contribution < 1.29 is 20.9 Å². The first-order valence-electron chi connectivity index (χ1n) is 6.66. The zero-order valence-corrected chi connectivity index (χ0v) is 12.4. The lowest BCUT2D eigenvalue weighted by molar-refractivity contribution is -0.996. The average Bonchev–Trinajstić information content (AvgIpc) is 2.54. The molecule has 0 amide bonds. The molecule has 0 fully saturated rings. The number of benzene rings is 2. The first-order valence-corrected chi connectivity index (χ1v) is 7.10. The maximum absolute atomic E-state index is 11.3. The van der Waals surface area contributed by atoms with Crippen LogP contribution >= 0.6 is 11.6 Å². The van der Waals surface area contributed by atoms with Crippen molar-refractivity contribution in [2.24, 2.45) is 5.10 Å². The number of halogens is 1. The first kappa shape index (κ1) is 15.8. The highest BCUT2D eigenvalue weighted by Gasteiger charge is 2.31. The number of fused-ring (bicyclic) bond motifs is 1. The lowest BCUT2D eigenvalue weighted by Crippen LogP contribution is -3.00. The normalized spacial score (nSPS) is 20.6. The predicted molar refractivity (Wildman–Crippen MR) is 83.2 cm³/mol. The summed E-state index contributed by atoms with van der Waals surface area (Å²) in [6.07, 6.45) is 0. The molecule has 1 aliphatic rings. The third-order valence-electron chi connectivity index (χ3n) is 3.54. The lowest BCUT2D eigenvalue weighted by atomic mass is 9.86. The van der Waals surface area contributed by atoms with E-state index in [0.717, 1.165) is 17.2 Å². The van der Waals surface area contributed by atoms with Crippen LogP contribution in [-0.2, 0) is 0 Å². The third-order valence-corrected chi connectivity index (χ3v) is 3.99. The van der Waals surface area contributed by atoms with Crippen molar-refractivity contribution in [1.82, 2.24) is 0 Å². The Bertz CT molecular complexity index is 766. The highest BCUT2D eigenvalue weighted by Crippen LogP contribution is 2.38. The van der Waals surface area contributed by atoms with Crippen LogP contribution < -0.4 is 15.9 Å². The first-order chi connectivity index (χ1) is 11.0. The van der Waals surface area contributed by atoms with Crippen LogP contribution in [0.1, 0.15) is 16.5 Å². The number of hydrogen-bond acceptors (Lipinski definition) is 6. The van der Waals surface area contributed by atoms with Gasteiger partial charge in [-0.2, -0.15) is 15.6 Å². The number of hydrogen-bond donors (Lipinski definition) is 5. The predicted octanol–water partition coefficient (Wildman–Crippen LogP) is 0.603. The van der Waals surface area contributed by atoms with Gasteiger partial charge in [-0.15, -0.1) is 11.6 Å². The molecule has 0 saturated carbocycles. The molecule has 1 aliphatic carbocycles. The molecule has 2 aromatic carbocycles. The van der Waals surface area contributed by atoms with Gasteiger partial charge in [-0.05, 0) is 11.6 Å². The highest BCUT2D eigenvalue weighted by atomic mass is 35.5. The number of nitrogens with zero attached hydrogens (tertiary/aromatic N) is 1. The van der Waals surface area contributed by atoms with Gasteiger partial charge in [0.05, 0.1) is 11.8 Å². The second-order valence-electron chi connectivity index (χ2n) is 4.93. The van der Waals surface area contributed by atoms with Gasteiger partial charge in [-0.3, -0.25) is 5.43 Å². The van der Waals surface area contributed by atoms with Crippen molar-refractivity contribution in [3.8, 4) is 0 Å². The molecule has 5 N–H and O–H groups in total. The summed E-state index contributed by atoms with van der Waals surface area (Å²) in [4.78, 5) is 0. The van der Waals surface area contributed by atoms with Crippen LogP contribution in [0.3, 0.4) is 0 Å². The molecule has 3 rings (SSSR count). The minimum atomic E-state index is -1.24. The van der Waals surface area contributed by atoms with Crippen molar-refractivity contribution in [1.29, 1.82) is 0 Å². The van der Waals surface area contributed by atoms with Crippen LogP contribution in [0.5, 0.6) is 0 Å². The Morgan fingerprint density at radius 3 is 2.52 bits per heavy atom. The minimum absolute atomic E-state index is 0.107. The Labute approximate surface area is 135 Å². The van der Waals surface area contributed by atoms with Crippen molar-refractivity contribution in [3.05, 3.63) is 64.0 Å². The molecule has 3 atom stereocenters. The summed E-state index contributed by atoms with van der Waals surface area (Å²) in [6.45, 7) is 0. The Hall–Kier alpha value is -2.04. The topological polar surface area (TPSA) is 120 Å². The zero-order chi connectivity index (χ0) is 16.6. The molecule has 0 bridgehead atoms. The number of alkyl halides is 1. The van der Waals surface area contributed by atoms with Crippen LogP contribution in [0.4, 0.5) is 17.1 Å². The zero-order valence-electron chi connectivity index (χ0n) is 11.7. The molecular weight excluding hydrogens is 324 g/mol. The summed E-state index contributed by atoms with van der Waals surface area (Å²) in [6, 6.07) is 11.3. The minimum Gasteiger partial charge on any atom is -0.595 e. The molecule has 0 aliphatic heterocycles. The molecular formula is C14H13ClN4O4. The molecule has 23 heavy (non-hydrogen) atoms. The van der Waals surface area contributed by atoms with E-state index in [-0.39, 0.29) is 22.4 Å². The second-order valence-corrected chi connectivity index (χ2v) is 5.37. The lowest BCUT2D eigenvalue weighted by Gasteiger charge is -2.27.